The van der Waals surface area contributed by atoms with Crippen molar-refractivity contribution < 1.29 is 9.53 Å². The van der Waals surface area contributed by atoms with Crippen LogP contribution in [0.15, 0.2) is 0 Å². The number of ether oxygens (including phenoxy) is 1. The first kappa shape index (κ1) is 11.5. The van der Waals surface area contributed by atoms with E-state index in [2.05, 4.69) is 11.8 Å². The van der Waals surface area contributed by atoms with Gasteiger partial charge in [0.2, 0.25) is 0 Å². The molecule has 1 saturated heterocycles. The number of carbonyl (C=O) groups is 1. The van der Waals surface area contributed by atoms with Crippen molar-refractivity contribution in [3.05, 3.63) is 6.92 Å². The minimum Gasteiger partial charge on any atom is -0.450 e. The summed E-state index contributed by atoms with van der Waals surface area (Å²) in [5, 5.41) is 0. The van der Waals surface area contributed by atoms with Crippen LogP contribution in [0.25, 0.3) is 0 Å². The Bertz CT molecular complexity index is 174. The van der Waals surface area contributed by atoms with Gasteiger partial charge in [0.05, 0.1) is 0 Å². The molecule has 0 bridgehead atoms. The fourth-order valence-electron chi connectivity index (χ4n) is 1.88. The Labute approximate surface area is 86.4 Å². The van der Waals surface area contributed by atoms with Crippen LogP contribution in [-0.2, 0) is 9.53 Å². The van der Waals surface area contributed by atoms with Crippen molar-refractivity contribution in [2.75, 3.05) is 19.8 Å². The molecule has 0 spiro atoms. The molecule has 0 atom stereocenters. The number of hydrogen-bond acceptors (Lipinski definition) is 3. The number of piperidine rings is 1. The summed E-state index contributed by atoms with van der Waals surface area (Å²) in [5.74, 6) is 0.644. The molecule has 1 aliphatic rings. The summed E-state index contributed by atoms with van der Waals surface area (Å²) in [4.78, 5) is 12.8. The molecule has 0 aromatic carbocycles. The molecule has 0 aromatic heterocycles. The summed E-state index contributed by atoms with van der Waals surface area (Å²) in [5.41, 5.74) is 0. The minimum absolute atomic E-state index is 0.190. The van der Waals surface area contributed by atoms with Crippen LogP contribution < -0.4 is 0 Å². The van der Waals surface area contributed by atoms with Crippen molar-refractivity contribution in [2.45, 2.75) is 32.6 Å². The van der Waals surface area contributed by atoms with Crippen LogP contribution in [0.5, 0.6) is 0 Å². The van der Waals surface area contributed by atoms with Gasteiger partial charge < -0.3 is 4.74 Å². The lowest BCUT2D eigenvalue weighted by Crippen LogP contribution is -2.35. The standard InChI is InChI=1S/C11H20NO2/c1-3-4-11-5-7-12(8-6-11)9-14-10(2)13/h11H,1,3-9H2,2H3. The smallest absolute Gasteiger partial charge is 0.303 e. The van der Waals surface area contributed by atoms with Gasteiger partial charge >= 0.3 is 5.97 Å². The first-order chi connectivity index (χ1) is 6.72. The monoisotopic (exact) mass is 198 g/mol. The number of carbonyl (C=O) groups excluding carboxylic acids is 1. The molecule has 1 aliphatic heterocycles. The van der Waals surface area contributed by atoms with Crippen LogP contribution in [0.4, 0.5) is 0 Å². The Morgan fingerprint density at radius 3 is 2.64 bits per heavy atom. The van der Waals surface area contributed by atoms with E-state index in [4.69, 9.17) is 4.74 Å². The van der Waals surface area contributed by atoms with Gasteiger partial charge in [-0.15, -0.1) is 0 Å². The lowest BCUT2D eigenvalue weighted by atomic mass is 9.93. The number of hydrogen-bond donors (Lipinski definition) is 0. The van der Waals surface area contributed by atoms with Gasteiger partial charge in [-0.1, -0.05) is 19.8 Å². The Balaban J connectivity index is 2.12. The molecule has 0 saturated carbocycles. The quantitative estimate of drug-likeness (QED) is 0.645. The third-order valence-electron chi connectivity index (χ3n) is 2.77. The predicted octanol–water partition coefficient (Wildman–Crippen LogP) is 1.83. The SMILES string of the molecule is [CH2]CCC1CCN(COC(C)=O)CC1. The van der Waals surface area contributed by atoms with E-state index in [-0.39, 0.29) is 5.97 Å². The summed E-state index contributed by atoms with van der Waals surface area (Å²) in [6.45, 7) is 7.90. The van der Waals surface area contributed by atoms with Crippen LogP contribution in [-0.4, -0.2) is 30.7 Å². The lowest BCUT2D eigenvalue weighted by Gasteiger charge is -2.31. The maximum Gasteiger partial charge on any atom is 0.303 e. The highest BCUT2D eigenvalue weighted by Crippen LogP contribution is 2.21. The summed E-state index contributed by atoms with van der Waals surface area (Å²) < 4.78 is 4.95. The third-order valence-corrected chi connectivity index (χ3v) is 2.77. The zero-order chi connectivity index (χ0) is 10.4. The predicted molar refractivity (Wildman–Crippen MR) is 55.5 cm³/mol. The lowest BCUT2D eigenvalue weighted by molar-refractivity contribution is -0.146. The van der Waals surface area contributed by atoms with E-state index in [0.717, 1.165) is 25.4 Å². The van der Waals surface area contributed by atoms with Gasteiger partial charge in [0, 0.05) is 20.0 Å². The average molecular weight is 198 g/mol. The van der Waals surface area contributed by atoms with Crippen LogP contribution in [0.1, 0.15) is 32.6 Å². The Morgan fingerprint density at radius 1 is 1.50 bits per heavy atom. The number of esters is 1. The van der Waals surface area contributed by atoms with Crippen molar-refractivity contribution in [1.82, 2.24) is 4.90 Å². The molecule has 0 amide bonds. The largest absolute Gasteiger partial charge is 0.450 e. The van der Waals surface area contributed by atoms with Gasteiger partial charge in [-0.2, -0.15) is 0 Å². The Morgan fingerprint density at radius 2 is 2.14 bits per heavy atom. The first-order valence-electron chi connectivity index (χ1n) is 5.37. The van der Waals surface area contributed by atoms with Crippen molar-refractivity contribution >= 4 is 5.97 Å². The summed E-state index contributed by atoms with van der Waals surface area (Å²) in [6, 6.07) is 0. The molecular weight excluding hydrogens is 178 g/mol. The molecule has 1 rings (SSSR count). The van der Waals surface area contributed by atoms with E-state index in [9.17, 15) is 4.79 Å². The van der Waals surface area contributed by atoms with Crippen LogP contribution in [0.2, 0.25) is 0 Å². The van der Waals surface area contributed by atoms with Gasteiger partial charge in [-0.3, -0.25) is 9.69 Å². The normalized spacial score (nSPS) is 19.6. The van der Waals surface area contributed by atoms with Crippen LogP contribution >= 0.6 is 0 Å². The zero-order valence-corrected chi connectivity index (χ0v) is 9.00. The van der Waals surface area contributed by atoms with Gasteiger partial charge in [0.25, 0.3) is 0 Å². The van der Waals surface area contributed by atoms with E-state index in [1.807, 2.05) is 0 Å². The fourth-order valence-corrected chi connectivity index (χ4v) is 1.88. The Hall–Kier alpha value is -0.570. The number of rotatable bonds is 4. The number of nitrogens with zero attached hydrogens (tertiary/aromatic N) is 1. The van der Waals surface area contributed by atoms with Crippen molar-refractivity contribution in [3.63, 3.8) is 0 Å². The molecule has 0 N–H and O–H groups in total. The highest BCUT2D eigenvalue weighted by molar-refractivity contribution is 5.65. The zero-order valence-electron chi connectivity index (χ0n) is 9.00. The second-order valence-corrected chi connectivity index (χ2v) is 3.97. The Kier molecular flexibility index (Phi) is 4.94. The summed E-state index contributed by atoms with van der Waals surface area (Å²) in [7, 11) is 0. The number of likely N-dealkylation sites (tertiary alicyclic amines) is 1. The van der Waals surface area contributed by atoms with Crippen molar-refractivity contribution in [3.8, 4) is 0 Å². The molecule has 3 heteroatoms. The molecule has 0 aromatic rings. The van der Waals surface area contributed by atoms with E-state index >= 15 is 0 Å². The highest BCUT2D eigenvalue weighted by Gasteiger charge is 2.18. The van der Waals surface area contributed by atoms with Gasteiger partial charge in [0.1, 0.15) is 6.73 Å². The molecule has 81 valence electrons. The van der Waals surface area contributed by atoms with E-state index in [0.29, 0.717) is 6.73 Å². The second-order valence-electron chi connectivity index (χ2n) is 3.97. The maximum absolute atomic E-state index is 10.6. The van der Waals surface area contributed by atoms with E-state index in [1.54, 1.807) is 0 Å². The molecule has 1 radical (unpaired) electrons. The molecule has 3 nitrogen and oxygen atoms in total. The van der Waals surface area contributed by atoms with Crippen molar-refractivity contribution in [2.24, 2.45) is 5.92 Å². The molecule has 14 heavy (non-hydrogen) atoms. The van der Waals surface area contributed by atoms with Gasteiger partial charge in [-0.05, 0) is 18.8 Å². The fraction of sp³-hybridized carbons (Fsp3) is 0.818. The third kappa shape index (κ3) is 4.09. The highest BCUT2D eigenvalue weighted by atomic mass is 16.5. The van der Waals surface area contributed by atoms with E-state index < -0.39 is 0 Å². The molecule has 1 heterocycles. The first-order valence-corrected chi connectivity index (χ1v) is 5.37. The topological polar surface area (TPSA) is 29.5 Å². The molecular formula is C11H20NO2. The van der Waals surface area contributed by atoms with E-state index in [1.165, 1.54) is 26.2 Å². The maximum atomic E-state index is 10.6. The minimum atomic E-state index is -0.190. The average Bonchev–Trinajstić information content (AvgIpc) is 2.17. The van der Waals surface area contributed by atoms with Gasteiger partial charge in [0.15, 0.2) is 0 Å². The molecule has 0 unspecified atom stereocenters. The summed E-state index contributed by atoms with van der Waals surface area (Å²) >= 11 is 0. The molecule has 0 aliphatic carbocycles. The van der Waals surface area contributed by atoms with Crippen LogP contribution in [0, 0.1) is 12.8 Å². The van der Waals surface area contributed by atoms with Crippen LogP contribution in [0.3, 0.4) is 0 Å². The van der Waals surface area contributed by atoms with Gasteiger partial charge in [-0.25, -0.2) is 0 Å². The van der Waals surface area contributed by atoms with Crippen molar-refractivity contribution in [1.29, 1.82) is 0 Å². The second kappa shape index (κ2) is 6.02. The summed E-state index contributed by atoms with van der Waals surface area (Å²) in [6.07, 6.45) is 4.71. The molecule has 1 fully saturated rings.